The molecule has 1 amide bonds. The van der Waals surface area contributed by atoms with Gasteiger partial charge in [0, 0.05) is 22.7 Å². The van der Waals surface area contributed by atoms with Crippen molar-refractivity contribution in [2.75, 3.05) is 16.0 Å². The summed E-state index contributed by atoms with van der Waals surface area (Å²) in [4.78, 5) is 12.4. The number of hydrogen-bond donors (Lipinski definition) is 4. The molecule has 0 saturated carbocycles. The van der Waals surface area contributed by atoms with Crippen LogP contribution in [0.1, 0.15) is 6.92 Å². The highest BCUT2D eigenvalue weighted by Crippen LogP contribution is 2.19. The van der Waals surface area contributed by atoms with Crippen molar-refractivity contribution in [1.82, 2.24) is 0 Å². The van der Waals surface area contributed by atoms with E-state index in [1.165, 1.54) is 24.3 Å². The normalized spacial score (nSPS) is 12.1. The summed E-state index contributed by atoms with van der Waals surface area (Å²) in [6.45, 7) is 1.74. The first-order valence-electron chi connectivity index (χ1n) is 8.94. The third kappa shape index (κ3) is 5.81. The number of carbonyl (C=O) groups is 1. The van der Waals surface area contributed by atoms with Gasteiger partial charge in [0.15, 0.2) is 0 Å². The Morgan fingerprint density at radius 1 is 0.793 bits per heavy atom. The molecule has 29 heavy (non-hydrogen) atoms. The van der Waals surface area contributed by atoms with E-state index in [1.807, 2.05) is 54.6 Å². The van der Waals surface area contributed by atoms with E-state index in [9.17, 15) is 13.2 Å². The maximum absolute atomic E-state index is 12.4. The Labute approximate surface area is 170 Å². The fraction of sp³-hybridized carbons (Fsp3) is 0.0952. The molecule has 8 heteroatoms. The molecule has 0 aromatic heterocycles. The van der Waals surface area contributed by atoms with Crippen LogP contribution in [0, 0.1) is 0 Å². The lowest BCUT2D eigenvalue weighted by atomic mass is 10.2. The smallest absolute Gasteiger partial charge is 0.246 e. The lowest BCUT2D eigenvalue weighted by Gasteiger charge is -2.16. The van der Waals surface area contributed by atoms with E-state index in [1.54, 1.807) is 6.92 Å². The van der Waals surface area contributed by atoms with Crippen molar-refractivity contribution >= 4 is 38.7 Å². The van der Waals surface area contributed by atoms with Crippen LogP contribution in [0.3, 0.4) is 0 Å². The fourth-order valence-electron chi connectivity index (χ4n) is 2.63. The van der Waals surface area contributed by atoms with Crippen LogP contribution in [-0.4, -0.2) is 20.4 Å². The lowest BCUT2D eigenvalue weighted by molar-refractivity contribution is -0.116. The zero-order valence-corrected chi connectivity index (χ0v) is 16.6. The summed E-state index contributed by atoms with van der Waals surface area (Å²) >= 11 is 0. The Morgan fingerprint density at radius 2 is 1.31 bits per heavy atom. The predicted molar refractivity (Wildman–Crippen MR) is 116 cm³/mol. The molecule has 0 aliphatic rings. The Kier molecular flexibility index (Phi) is 6.16. The summed E-state index contributed by atoms with van der Waals surface area (Å²) in [5.74, 6) is -0.250. The average molecular weight is 410 g/mol. The summed E-state index contributed by atoms with van der Waals surface area (Å²) in [5.41, 5.74) is 3.22. The highest BCUT2D eigenvalue weighted by Gasteiger charge is 2.14. The highest BCUT2D eigenvalue weighted by molar-refractivity contribution is 7.89. The topological polar surface area (TPSA) is 113 Å². The maximum Gasteiger partial charge on any atom is 0.246 e. The van der Waals surface area contributed by atoms with Crippen molar-refractivity contribution in [3.63, 3.8) is 0 Å². The van der Waals surface area contributed by atoms with Crippen LogP contribution in [0.2, 0.25) is 0 Å². The largest absolute Gasteiger partial charge is 0.374 e. The molecule has 0 saturated heterocycles. The molecule has 3 aromatic carbocycles. The van der Waals surface area contributed by atoms with Crippen molar-refractivity contribution < 1.29 is 13.2 Å². The van der Waals surface area contributed by atoms with Gasteiger partial charge in [0.05, 0.1) is 4.90 Å². The number of hydrogen-bond acceptors (Lipinski definition) is 5. The molecule has 3 aromatic rings. The second-order valence-corrected chi connectivity index (χ2v) is 8.05. The molecule has 3 rings (SSSR count). The first kappa shape index (κ1) is 20.4. The molecule has 0 aliphatic carbocycles. The van der Waals surface area contributed by atoms with Crippen molar-refractivity contribution in [2.24, 2.45) is 5.14 Å². The standard InChI is InChI=1S/C21H22N4O3S/c1-15(21(26)25-19-11-13-20(14-12-19)29(22,27)28)23-17-7-9-18(10-8-17)24-16-5-3-2-4-6-16/h2-15,23-24H,1H3,(H,25,26)(H2,22,27,28)/t15-/m0/s1. The van der Waals surface area contributed by atoms with Gasteiger partial charge in [0.1, 0.15) is 6.04 Å². The average Bonchev–Trinajstić information content (AvgIpc) is 2.70. The number of nitrogens with one attached hydrogen (secondary N) is 3. The van der Waals surface area contributed by atoms with E-state index in [4.69, 9.17) is 5.14 Å². The minimum absolute atomic E-state index is 0.00845. The Balaban J connectivity index is 1.56. The van der Waals surface area contributed by atoms with Crippen LogP contribution < -0.4 is 21.1 Å². The number of anilines is 4. The van der Waals surface area contributed by atoms with Crippen molar-refractivity contribution in [2.45, 2.75) is 17.9 Å². The van der Waals surface area contributed by atoms with Crippen LogP contribution in [0.15, 0.2) is 83.8 Å². The van der Waals surface area contributed by atoms with Crippen molar-refractivity contribution in [3.05, 3.63) is 78.9 Å². The number of para-hydroxylation sites is 1. The van der Waals surface area contributed by atoms with Crippen LogP contribution in [0.5, 0.6) is 0 Å². The van der Waals surface area contributed by atoms with E-state index in [-0.39, 0.29) is 10.8 Å². The molecule has 0 fully saturated rings. The van der Waals surface area contributed by atoms with E-state index in [0.717, 1.165) is 17.1 Å². The SMILES string of the molecule is C[C@H](Nc1ccc(Nc2ccccc2)cc1)C(=O)Nc1ccc(S(N)(=O)=O)cc1. The predicted octanol–water partition coefficient (Wildman–Crippen LogP) is 3.52. The number of amides is 1. The number of benzene rings is 3. The fourth-order valence-corrected chi connectivity index (χ4v) is 3.15. The monoisotopic (exact) mass is 410 g/mol. The summed E-state index contributed by atoms with van der Waals surface area (Å²) < 4.78 is 22.6. The number of carbonyl (C=O) groups excluding carboxylic acids is 1. The van der Waals surface area contributed by atoms with E-state index in [2.05, 4.69) is 16.0 Å². The first-order chi connectivity index (χ1) is 13.8. The minimum Gasteiger partial charge on any atom is -0.374 e. The Bertz CT molecular complexity index is 1070. The molecule has 0 aliphatic heterocycles. The third-order valence-electron chi connectivity index (χ3n) is 4.17. The van der Waals surface area contributed by atoms with Gasteiger partial charge in [-0.3, -0.25) is 4.79 Å². The Hall–Kier alpha value is -3.36. The van der Waals surface area contributed by atoms with Crippen LogP contribution >= 0.6 is 0 Å². The van der Waals surface area contributed by atoms with Crippen molar-refractivity contribution in [1.29, 1.82) is 0 Å². The molecular formula is C21H22N4O3S. The molecule has 5 N–H and O–H groups in total. The highest BCUT2D eigenvalue weighted by atomic mass is 32.2. The summed E-state index contributed by atoms with van der Waals surface area (Å²) in [5, 5.41) is 14.2. The van der Waals surface area contributed by atoms with Gasteiger partial charge in [-0.05, 0) is 67.6 Å². The quantitative estimate of drug-likeness (QED) is 0.476. The number of sulfonamides is 1. The van der Waals surface area contributed by atoms with Crippen LogP contribution in [0.4, 0.5) is 22.7 Å². The van der Waals surface area contributed by atoms with E-state index < -0.39 is 16.1 Å². The number of rotatable bonds is 7. The Morgan fingerprint density at radius 3 is 1.90 bits per heavy atom. The van der Waals surface area contributed by atoms with Gasteiger partial charge >= 0.3 is 0 Å². The molecule has 1 atom stereocenters. The molecule has 0 bridgehead atoms. The summed E-state index contributed by atoms with van der Waals surface area (Å²) in [7, 11) is -3.76. The zero-order chi connectivity index (χ0) is 20.9. The molecule has 0 radical (unpaired) electrons. The van der Waals surface area contributed by atoms with Crippen molar-refractivity contribution in [3.8, 4) is 0 Å². The zero-order valence-electron chi connectivity index (χ0n) is 15.8. The minimum atomic E-state index is -3.76. The number of nitrogens with two attached hydrogens (primary N) is 1. The van der Waals surface area contributed by atoms with Gasteiger partial charge in [-0.2, -0.15) is 0 Å². The number of primary sulfonamides is 1. The molecule has 0 unspecified atom stereocenters. The van der Waals surface area contributed by atoms with Gasteiger partial charge in [-0.25, -0.2) is 13.6 Å². The molecule has 7 nitrogen and oxygen atoms in total. The van der Waals surface area contributed by atoms with Gasteiger partial charge in [0.2, 0.25) is 15.9 Å². The van der Waals surface area contributed by atoms with Gasteiger partial charge < -0.3 is 16.0 Å². The van der Waals surface area contributed by atoms with Gasteiger partial charge in [0.25, 0.3) is 0 Å². The van der Waals surface area contributed by atoms with E-state index >= 15 is 0 Å². The van der Waals surface area contributed by atoms with Crippen LogP contribution in [-0.2, 0) is 14.8 Å². The van der Waals surface area contributed by atoms with Gasteiger partial charge in [-0.15, -0.1) is 0 Å². The van der Waals surface area contributed by atoms with Gasteiger partial charge in [-0.1, -0.05) is 18.2 Å². The van der Waals surface area contributed by atoms with Crippen LogP contribution in [0.25, 0.3) is 0 Å². The third-order valence-corrected chi connectivity index (χ3v) is 5.10. The second-order valence-electron chi connectivity index (χ2n) is 6.49. The molecule has 150 valence electrons. The molecular weight excluding hydrogens is 388 g/mol. The maximum atomic E-state index is 12.4. The first-order valence-corrected chi connectivity index (χ1v) is 10.5. The summed E-state index contributed by atoms with van der Waals surface area (Å²) in [6.07, 6.45) is 0. The molecule has 0 heterocycles. The summed E-state index contributed by atoms with van der Waals surface area (Å²) in [6, 6.07) is 22.6. The lowest BCUT2D eigenvalue weighted by Crippen LogP contribution is -2.31. The molecule has 0 spiro atoms. The van der Waals surface area contributed by atoms with E-state index in [0.29, 0.717) is 5.69 Å². The second kappa shape index (κ2) is 8.76.